The number of carbonyl (C=O) groups is 4. The summed E-state index contributed by atoms with van der Waals surface area (Å²) in [5.74, 6) is -1.08. The second-order valence-electron chi connectivity index (χ2n) is 9.83. The molecule has 1 saturated carbocycles. The molecule has 0 spiro atoms. The lowest BCUT2D eigenvalue weighted by Gasteiger charge is -2.29. The number of fused-ring (bicyclic) bond motifs is 1. The van der Waals surface area contributed by atoms with E-state index in [-0.39, 0.29) is 41.3 Å². The highest BCUT2D eigenvalue weighted by molar-refractivity contribution is 6.05. The fourth-order valence-electron chi connectivity index (χ4n) is 5.18. The summed E-state index contributed by atoms with van der Waals surface area (Å²) < 4.78 is 1.46. The Balaban J connectivity index is 1.16. The first-order valence-electron chi connectivity index (χ1n) is 11.9. The number of hydrogen-bond donors (Lipinski definition) is 2. The van der Waals surface area contributed by atoms with Crippen LogP contribution >= 0.6 is 0 Å². The van der Waals surface area contributed by atoms with Gasteiger partial charge in [-0.3, -0.25) is 24.5 Å². The van der Waals surface area contributed by atoms with E-state index in [0.717, 1.165) is 12.0 Å². The highest BCUT2D eigenvalue weighted by atomic mass is 16.2. The minimum Gasteiger partial charge on any atom is -0.345 e. The summed E-state index contributed by atoms with van der Waals surface area (Å²) in [6.07, 6.45) is 2.91. The SMILES string of the molecule is C[C@]1(NC(=O)c2cn(-c3ccc4c(c3)C(=O)N(C3CCC(=O)NC3=O)C4)nn2)C[C@@H]1c1ccccc1. The molecule has 3 aromatic rings. The number of nitrogens with zero attached hydrogens (tertiary/aromatic N) is 4. The van der Waals surface area contributed by atoms with Crippen LogP contribution in [0.5, 0.6) is 0 Å². The molecule has 36 heavy (non-hydrogen) atoms. The summed E-state index contributed by atoms with van der Waals surface area (Å²) in [5, 5.41) is 13.5. The molecule has 2 aliphatic heterocycles. The molecule has 2 aromatic carbocycles. The summed E-state index contributed by atoms with van der Waals surface area (Å²) in [5.41, 5.74) is 2.89. The second kappa shape index (κ2) is 8.11. The summed E-state index contributed by atoms with van der Waals surface area (Å²) in [7, 11) is 0. The van der Waals surface area contributed by atoms with E-state index in [4.69, 9.17) is 0 Å². The Morgan fingerprint density at radius 3 is 2.72 bits per heavy atom. The van der Waals surface area contributed by atoms with Crippen molar-refractivity contribution in [3.05, 3.63) is 77.1 Å². The predicted octanol–water partition coefficient (Wildman–Crippen LogP) is 1.70. The minimum absolute atomic E-state index is 0.187. The van der Waals surface area contributed by atoms with Crippen molar-refractivity contribution in [3.63, 3.8) is 0 Å². The average Bonchev–Trinajstić information content (AvgIpc) is 3.19. The van der Waals surface area contributed by atoms with E-state index in [9.17, 15) is 19.2 Å². The van der Waals surface area contributed by atoms with Crippen molar-refractivity contribution < 1.29 is 19.2 Å². The zero-order valence-corrected chi connectivity index (χ0v) is 19.6. The lowest BCUT2D eigenvalue weighted by Crippen LogP contribution is -2.52. The summed E-state index contributed by atoms with van der Waals surface area (Å²) in [6, 6.07) is 14.7. The maximum Gasteiger partial charge on any atom is 0.273 e. The Labute approximate surface area is 206 Å². The fraction of sp³-hybridized carbons (Fsp3) is 0.308. The number of hydrogen-bond acceptors (Lipinski definition) is 6. The Bertz CT molecular complexity index is 1420. The van der Waals surface area contributed by atoms with Gasteiger partial charge in [-0.15, -0.1) is 5.10 Å². The van der Waals surface area contributed by atoms with Crippen LogP contribution in [0.25, 0.3) is 5.69 Å². The van der Waals surface area contributed by atoms with Crippen molar-refractivity contribution in [1.29, 1.82) is 0 Å². The third-order valence-corrected chi connectivity index (χ3v) is 7.34. The lowest BCUT2D eigenvalue weighted by molar-refractivity contribution is -0.136. The van der Waals surface area contributed by atoms with Gasteiger partial charge in [-0.1, -0.05) is 41.6 Å². The molecule has 1 aromatic heterocycles. The Morgan fingerprint density at radius 1 is 1.14 bits per heavy atom. The molecule has 2 N–H and O–H groups in total. The molecule has 10 nitrogen and oxygen atoms in total. The fourth-order valence-corrected chi connectivity index (χ4v) is 5.18. The first-order chi connectivity index (χ1) is 17.3. The molecule has 3 heterocycles. The van der Waals surface area contributed by atoms with Gasteiger partial charge in [0.25, 0.3) is 11.8 Å². The quantitative estimate of drug-likeness (QED) is 0.531. The molecular formula is C26H24N6O4. The molecule has 4 amide bonds. The van der Waals surface area contributed by atoms with Crippen LogP contribution in [-0.2, 0) is 16.1 Å². The van der Waals surface area contributed by atoms with Crippen LogP contribution in [0.1, 0.15) is 64.1 Å². The van der Waals surface area contributed by atoms with Crippen molar-refractivity contribution >= 4 is 23.6 Å². The van der Waals surface area contributed by atoms with Gasteiger partial charge in [-0.2, -0.15) is 0 Å². The van der Waals surface area contributed by atoms with Gasteiger partial charge in [0.2, 0.25) is 11.8 Å². The van der Waals surface area contributed by atoms with E-state index >= 15 is 0 Å². The molecule has 6 rings (SSSR count). The number of piperidine rings is 1. The first-order valence-corrected chi connectivity index (χ1v) is 11.9. The van der Waals surface area contributed by atoms with E-state index in [1.807, 2.05) is 31.2 Å². The van der Waals surface area contributed by atoms with E-state index < -0.39 is 11.9 Å². The van der Waals surface area contributed by atoms with Crippen LogP contribution in [0.3, 0.4) is 0 Å². The molecule has 0 radical (unpaired) electrons. The molecule has 1 unspecified atom stereocenters. The van der Waals surface area contributed by atoms with Crippen molar-refractivity contribution in [2.45, 2.75) is 50.2 Å². The molecule has 3 atom stereocenters. The van der Waals surface area contributed by atoms with Gasteiger partial charge in [-0.05, 0) is 43.0 Å². The maximum atomic E-state index is 13.1. The number of rotatable bonds is 5. The van der Waals surface area contributed by atoms with Crippen molar-refractivity contribution in [3.8, 4) is 5.69 Å². The molecule has 1 saturated heterocycles. The molecule has 0 bridgehead atoms. The second-order valence-corrected chi connectivity index (χ2v) is 9.83. The largest absolute Gasteiger partial charge is 0.345 e. The van der Waals surface area contributed by atoms with Crippen LogP contribution in [0.2, 0.25) is 0 Å². The van der Waals surface area contributed by atoms with Gasteiger partial charge in [0.15, 0.2) is 5.69 Å². The topological polar surface area (TPSA) is 126 Å². The summed E-state index contributed by atoms with van der Waals surface area (Å²) in [6.45, 7) is 2.32. The van der Waals surface area contributed by atoms with Gasteiger partial charge < -0.3 is 10.2 Å². The number of nitrogens with one attached hydrogen (secondary N) is 2. The Kier molecular flexibility index (Phi) is 4.99. The smallest absolute Gasteiger partial charge is 0.273 e. The van der Waals surface area contributed by atoms with Crippen molar-refractivity contribution in [1.82, 2.24) is 30.5 Å². The van der Waals surface area contributed by atoms with E-state index in [1.54, 1.807) is 12.1 Å². The van der Waals surface area contributed by atoms with Gasteiger partial charge in [0.1, 0.15) is 6.04 Å². The molecule has 2 fully saturated rings. The number of benzene rings is 2. The monoisotopic (exact) mass is 484 g/mol. The van der Waals surface area contributed by atoms with Crippen LogP contribution in [0.4, 0.5) is 0 Å². The van der Waals surface area contributed by atoms with Crippen molar-refractivity contribution in [2.24, 2.45) is 0 Å². The number of amides is 4. The third kappa shape index (κ3) is 3.74. The molecule has 10 heteroatoms. The number of aromatic nitrogens is 3. The molecule has 182 valence electrons. The summed E-state index contributed by atoms with van der Waals surface area (Å²) in [4.78, 5) is 51.2. The highest BCUT2D eigenvalue weighted by Gasteiger charge is 2.52. The lowest BCUT2D eigenvalue weighted by atomic mass is 10.0. The van der Waals surface area contributed by atoms with Crippen LogP contribution in [-0.4, -0.2) is 55.1 Å². The van der Waals surface area contributed by atoms with Crippen LogP contribution < -0.4 is 10.6 Å². The predicted molar refractivity (Wildman–Crippen MR) is 127 cm³/mol. The van der Waals surface area contributed by atoms with Crippen molar-refractivity contribution in [2.75, 3.05) is 0 Å². The van der Waals surface area contributed by atoms with Gasteiger partial charge in [-0.25, -0.2) is 4.68 Å². The molecular weight excluding hydrogens is 460 g/mol. The van der Waals surface area contributed by atoms with Gasteiger partial charge in [0.05, 0.1) is 11.9 Å². The molecule has 3 aliphatic rings. The number of imide groups is 1. The zero-order chi connectivity index (χ0) is 25.0. The van der Waals surface area contributed by atoms with E-state index in [0.29, 0.717) is 24.2 Å². The third-order valence-electron chi connectivity index (χ3n) is 7.34. The molecule has 1 aliphatic carbocycles. The average molecular weight is 485 g/mol. The van der Waals surface area contributed by atoms with Crippen LogP contribution in [0.15, 0.2) is 54.7 Å². The highest BCUT2D eigenvalue weighted by Crippen LogP contribution is 2.51. The van der Waals surface area contributed by atoms with Gasteiger partial charge >= 0.3 is 0 Å². The van der Waals surface area contributed by atoms with E-state index in [1.165, 1.54) is 21.3 Å². The first kappa shape index (κ1) is 22.1. The van der Waals surface area contributed by atoms with Gasteiger partial charge in [0, 0.05) is 30.0 Å². The minimum atomic E-state index is -0.670. The normalized spacial score (nSPS) is 24.9. The summed E-state index contributed by atoms with van der Waals surface area (Å²) >= 11 is 0. The van der Waals surface area contributed by atoms with Crippen LogP contribution in [0, 0.1) is 0 Å². The Hall–Kier alpha value is -4.34. The standard InChI is InChI=1S/C26H24N6O4/c1-26(12-19(26)15-5-3-2-4-6-15)28-23(34)20-14-32(30-29-20)17-8-7-16-13-31(25(36)18(16)11-17)21-9-10-22(33)27-24(21)35/h2-8,11,14,19,21H,9-10,12-13H2,1H3,(H,28,34)(H,27,33,35)/t19-,21?,26+/m1/s1. The zero-order valence-electron chi connectivity index (χ0n) is 19.6. The Morgan fingerprint density at radius 2 is 1.94 bits per heavy atom. The van der Waals surface area contributed by atoms with E-state index in [2.05, 4.69) is 33.1 Å². The number of carbonyl (C=O) groups excluding carboxylic acids is 4. The maximum absolute atomic E-state index is 13.1.